The Morgan fingerprint density at radius 3 is 2.74 bits per heavy atom. The predicted molar refractivity (Wildman–Crippen MR) is 101 cm³/mol. The quantitative estimate of drug-likeness (QED) is 0.673. The van der Waals surface area contributed by atoms with Gasteiger partial charge in [-0.2, -0.15) is 0 Å². The van der Waals surface area contributed by atoms with Crippen LogP contribution in [0.5, 0.6) is 17.4 Å². The van der Waals surface area contributed by atoms with E-state index in [1.165, 1.54) is 0 Å². The molecule has 1 fully saturated rings. The number of carbonyl (C=O) groups is 1. The molecule has 0 saturated carbocycles. The number of carbonyl (C=O) groups excluding carboxylic acids is 1. The van der Waals surface area contributed by atoms with E-state index in [9.17, 15) is 4.79 Å². The van der Waals surface area contributed by atoms with Crippen molar-refractivity contribution in [1.29, 1.82) is 0 Å². The Morgan fingerprint density at radius 1 is 1.07 bits per heavy atom. The molecule has 1 aliphatic heterocycles. The predicted octanol–water partition coefficient (Wildman–Crippen LogP) is 2.91. The van der Waals surface area contributed by atoms with Gasteiger partial charge in [-0.3, -0.25) is 4.79 Å². The zero-order valence-corrected chi connectivity index (χ0v) is 15.0. The zero-order chi connectivity index (χ0) is 18.6. The molecule has 4 rings (SSSR count). The molecule has 1 aromatic heterocycles. The molecule has 0 bridgehead atoms. The van der Waals surface area contributed by atoms with Gasteiger partial charge in [0.1, 0.15) is 17.6 Å². The number of para-hydroxylation sites is 1. The number of likely N-dealkylation sites (tertiary alicyclic amines) is 1. The lowest BCUT2D eigenvalue weighted by atomic mass is 10.1. The Hall–Kier alpha value is -3.28. The summed E-state index contributed by atoms with van der Waals surface area (Å²) in [4.78, 5) is 18.4. The third-order valence-corrected chi connectivity index (χ3v) is 4.46. The molecule has 6 heteroatoms. The van der Waals surface area contributed by atoms with Crippen LogP contribution in [-0.4, -0.2) is 48.7 Å². The number of methoxy groups -OCH3 is 1. The van der Waals surface area contributed by atoms with Crippen LogP contribution in [0.4, 0.5) is 0 Å². The van der Waals surface area contributed by atoms with E-state index in [2.05, 4.69) is 4.98 Å². The zero-order valence-electron chi connectivity index (χ0n) is 15.0. The molecule has 3 aromatic rings. The molecule has 2 heterocycles. The Labute approximate surface area is 157 Å². The summed E-state index contributed by atoms with van der Waals surface area (Å²) < 4.78 is 16.6. The lowest BCUT2D eigenvalue weighted by molar-refractivity contribution is -0.142. The Kier molecular flexibility index (Phi) is 4.78. The summed E-state index contributed by atoms with van der Waals surface area (Å²) in [5.41, 5.74) is 0.897. The smallest absolute Gasteiger partial charge is 0.260 e. The monoisotopic (exact) mass is 364 g/mol. The van der Waals surface area contributed by atoms with Crippen molar-refractivity contribution in [3.8, 4) is 17.4 Å². The van der Waals surface area contributed by atoms with Crippen LogP contribution in [0, 0.1) is 0 Å². The molecule has 0 radical (unpaired) electrons. The molecule has 0 N–H and O–H groups in total. The number of benzene rings is 2. The summed E-state index contributed by atoms with van der Waals surface area (Å²) in [5.74, 6) is 1.82. The van der Waals surface area contributed by atoms with Crippen LogP contribution in [0.15, 0.2) is 60.7 Å². The van der Waals surface area contributed by atoms with Crippen LogP contribution in [0.3, 0.4) is 0 Å². The summed E-state index contributed by atoms with van der Waals surface area (Å²) in [6.45, 7) is 1.07. The van der Waals surface area contributed by atoms with Crippen LogP contribution in [0.1, 0.15) is 0 Å². The summed E-state index contributed by atoms with van der Waals surface area (Å²) >= 11 is 0. The summed E-state index contributed by atoms with van der Waals surface area (Å²) in [7, 11) is 1.59. The van der Waals surface area contributed by atoms with Crippen LogP contribution < -0.4 is 14.2 Å². The van der Waals surface area contributed by atoms with Crippen LogP contribution >= 0.6 is 0 Å². The maximum absolute atomic E-state index is 12.2. The van der Waals surface area contributed by atoms with E-state index < -0.39 is 0 Å². The van der Waals surface area contributed by atoms with Crippen molar-refractivity contribution in [3.63, 3.8) is 0 Å². The van der Waals surface area contributed by atoms with Gasteiger partial charge in [0.2, 0.25) is 5.88 Å². The molecule has 138 valence electrons. The van der Waals surface area contributed by atoms with Crippen LogP contribution in [0.2, 0.25) is 0 Å². The highest BCUT2D eigenvalue weighted by Crippen LogP contribution is 2.21. The second kappa shape index (κ2) is 7.53. The summed E-state index contributed by atoms with van der Waals surface area (Å²) in [6, 6.07) is 18.9. The van der Waals surface area contributed by atoms with Crippen LogP contribution in [-0.2, 0) is 4.79 Å². The molecule has 1 amide bonds. The molecule has 0 atom stereocenters. The topological polar surface area (TPSA) is 60.9 Å². The first-order chi connectivity index (χ1) is 13.2. The van der Waals surface area contributed by atoms with Crippen molar-refractivity contribution < 1.29 is 19.0 Å². The Morgan fingerprint density at radius 2 is 1.89 bits per heavy atom. The fourth-order valence-corrected chi connectivity index (χ4v) is 2.93. The first kappa shape index (κ1) is 17.1. The SMILES string of the molecule is COc1cccc(OCC(=O)N2CC(Oc3ccc4ccccc4n3)C2)c1. The van der Waals surface area contributed by atoms with Crippen molar-refractivity contribution >= 4 is 16.8 Å². The van der Waals surface area contributed by atoms with Crippen molar-refractivity contribution in [2.75, 3.05) is 26.8 Å². The number of rotatable bonds is 6. The van der Waals surface area contributed by atoms with E-state index in [4.69, 9.17) is 14.2 Å². The van der Waals surface area contributed by atoms with Crippen molar-refractivity contribution in [1.82, 2.24) is 9.88 Å². The van der Waals surface area contributed by atoms with Crippen molar-refractivity contribution in [2.24, 2.45) is 0 Å². The van der Waals surface area contributed by atoms with Crippen molar-refractivity contribution in [3.05, 3.63) is 60.7 Å². The number of fused-ring (bicyclic) bond motifs is 1. The molecular formula is C21H20N2O4. The van der Waals surface area contributed by atoms with E-state index in [-0.39, 0.29) is 18.6 Å². The molecule has 0 spiro atoms. The molecule has 1 aliphatic rings. The minimum atomic E-state index is -0.0656. The lowest BCUT2D eigenvalue weighted by Gasteiger charge is -2.38. The van der Waals surface area contributed by atoms with E-state index in [1.54, 1.807) is 24.1 Å². The summed E-state index contributed by atoms with van der Waals surface area (Å²) in [5, 5.41) is 1.07. The number of ether oxygens (including phenoxy) is 3. The Balaban J connectivity index is 1.26. The molecule has 27 heavy (non-hydrogen) atoms. The summed E-state index contributed by atoms with van der Waals surface area (Å²) in [6.07, 6.45) is -0.0422. The number of aromatic nitrogens is 1. The number of pyridine rings is 1. The second-order valence-corrected chi connectivity index (χ2v) is 6.35. The fraction of sp³-hybridized carbons (Fsp3) is 0.238. The van der Waals surface area contributed by atoms with Gasteiger partial charge >= 0.3 is 0 Å². The van der Waals surface area contributed by atoms with E-state index in [1.807, 2.05) is 48.5 Å². The normalized spacial score (nSPS) is 13.9. The van der Waals surface area contributed by atoms with Gasteiger partial charge in [0, 0.05) is 17.5 Å². The van der Waals surface area contributed by atoms with Gasteiger partial charge in [0.05, 0.1) is 25.7 Å². The van der Waals surface area contributed by atoms with Gasteiger partial charge in [-0.05, 0) is 24.3 Å². The van der Waals surface area contributed by atoms with Gasteiger partial charge in [0.15, 0.2) is 6.61 Å². The first-order valence-corrected chi connectivity index (χ1v) is 8.78. The molecule has 0 aliphatic carbocycles. The van der Waals surface area contributed by atoms with Crippen molar-refractivity contribution in [2.45, 2.75) is 6.10 Å². The minimum absolute atomic E-state index is 0.00584. The standard InChI is InChI=1S/C21H20N2O4/c1-25-16-6-4-7-17(11-16)26-14-21(24)23-12-18(13-23)27-20-10-9-15-5-2-3-8-19(15)22-20/h2-11,18H,12-14H2,1H3. The third-order valence-electron chi connectivity index (χ3n) is 4.46. The maximum Gasteiger partial charge on any atom is 0.260 e. The number of hydrogen-bond acceptors (Lipinski definition) is 5. The van der Waals surface area contributed by atoms with Gasteiger partial charge < -0.3 is 19.1 Å². The van der Waals surface area contributed by atoms with E-state index in [0.717, 1.165) is 10.9 Å². The highest BCUT2D eigenvalue weighted by Gasteiger charge is 2.32. The lowest BCUT2D eigenvalue weighted by Crippen LogP contribution is -2.57. The molecule has 2 aromatic carbocycles. The number of amides is 1. The second-order valence-electron chi connectivity index (χ2n) is 6.35. The highest BCUT2D eigenvalue weighted by molar-refractivity contribution is 5.79. The minimum Gasteiger partial charge on any atom is -0.497 e. The number of nitrogens with zero attached hydrogens (tertiary/aromatic N) is 2. The van der Waals surface area contributed by atoms with Gasteiger partial charge in [-0.1, -0.05) is 24.3 Å². The van der Waals surface area contributed by atoms with Gasteiger partial charge in [0.25, 0.3) is 5.91 Å². The van der Waals surface area contributed by atoms with Gasteiger partial charge in [-0.15, -0.1) is 0 Å². The Bertz CT molecular complexity index is 954. The molecule has 6 nitrogen and oxygen atoms in total. The van der Waals surface area contributed by atoms with Gasteiger partial charge in [-0.25, -0.2) is 4.98 Å². The van der Waals surface area contributed by atoms with Crippen LogP contribution in [0.25, 0.3) is 10.9 Å². The van der Waals surface area contributed by atoms with E-state index >= 15 is 0 Å². The average Bonchev–Trinajstić information content (AvgIpc) is 2.68. The first-order valence-electron chi connectivity index (χ1n) is 8.78. The molecule has 0 unspecified atom stereocenters. The molecular weight excluding hydrogens is 344 g/mol. The average molecular weight is 364 g/mol. The highest BCUT2D eigenvalue weighted by atomic mass is 16.5. The van der Waals surface area contributed by atoms with E-state index in [0.29, 0.717) is 30.5 Å². The molecule has 1 saturated heterocycles. The fourth-order valence-electron chi connectivity index (χ4n) is 2.93. The maximum atomic E-state index is 12.2. The number of hydrogen-bond donors (Lipinski definition) is 0. The largest absolute Gasteiger partial charge is 0.497 e. The third kappa shape index (κ3) is 3.95.